The van der Waals surface area contributed by atoms with Gasteiger partial charge in [0.25, 0.3) is 0 Å². The molecule has 1 rings (SSSR count). The van der Waals surface area contributed by atoms with Crippen LogP contribution >= 0.6 is 0 Å². The second-order valence-electron chi connectivity index (χ2n) is 4.09. The van der Waals surface area contributed by atoms with Gasteiger partial charge in [-0.1, -0.05) is 19.1 Å². The fraction of sp³-hybridized carbons (Fsp3) is 0.500. The molecule has 18 heavy (non-hydrogen) atoms. The summed E-state index contributed by atoms with van der Waals surface area (Å²) in [7, 11) is 1.61. The molecule has 0 aliphatic heterocycles. The molecule has 0 spiro atoms. The zero-order valence-electron chi connectivity index (χ0n) is 11.0. The van der Waals surface area contributed by atoms with E-state index in [-0.39, 0.29) is 0 Å². The molecule has 0 fully saturated rings. The first kappa shape index (κ1) is 14.5. The average Bonchev–Trinajstić information content (AvgIpc) is 2.43. The Morgan fingerprint density at radius 3 is 2.89 bits per heavy atom. The first-order valence-corrected chi connectivity index (χ1v) is 6.12. The van der Waals surface area contributed by atoms with Gasteiger partial charge in [-0.3, -0.25) is 4.90 Å². The van der Waals surface area contributed by atoms with Gasteiger partial charge in [0.15, 0.2) is 0 Å². The summed E-state index contributed by atoms with van der Waals surface area (Å²) < 4.78 is 5.13. The highest BCUT2D eigenvalue weighted by molar-refractivity contribution is 5.29. The summed E-state index contributed by atoms with van der Waals surface area (Å²) in [5, 5.41) is 18.7. The topological polar surface area (TPSA) is 56.5 Å². The first-order valence-electron chi connectivity index (χ1n) is 6.12. The number of nitriles is 1. The Bertz CT molecular complexity index is 401. The van der Waals surface area contributed by atoms with Gasteiger partial charge in [-0.15, -0.1) is 0 Å². The number of methoxy groups -OCH3 is 1. The fourth-order valence-corrected chi connectivity index (χ4v) is 1.79. The zero-order valence-corrected chi connectivity index (χ0v) is 11.0. The molecule has 0 saturated carbocycles. The van der Waals surface area contributed by atoms with E-state index in [0.717, 1.165) is 17.9 Å². The van der Waals surface area contributed by atoms with Gasteiger partial charge in [-0.05, 0) is 24.2 Å². The van der Waals surface area contributed by atoms with Crippen LogP contribution < -0.4 is 4.74 Å². The van der Waals surface area contributed by atoms with E-state index in [1.54, 1.807) is 7.11 Å². The fourth-order valence-electron chi connectivity index (χ4n) is 1.79. The maximum absolute atomic E-state index is 10.2. The van der Waals surface area contributed by atoms with Gasteiger partial charge in [-0.2, -0.15) is 5.26 Å². The van der Waals surface area contributed by atoms with Gasteiger partial charge < -0.3 is 9.84 Å². The van der Waals surface area contributed by atoms with Crippen molar-refractivity contribution in [2.75, 3.05) is 26.7 Å². The van der Waals surface area contributed by atoms with Crippen LogP contribution in [0.4, 0.5) is 0 Å². The molecule has 1 N–H and O–H groups in total. The first-order chi connectivity index (χ1) is 8.71. The normalized spacial score (nSPS) is 12.2. The second kappa shape index (κ2) is 7.70. The summed E-state index contributed by atoms with van der Waals surface area (Å²) in [5.74, 6) is 0.742. The van der Waals surface area contributed by atoms with Crippen LogP contribution in [0.15, 0.2) is 24.3 Å². The zero-order chi connectivity index (χ0) is 13.4. The number of likely N-dealkylation sites (N-methyl/N-ethyl adjacent to an activating group) is 1. The standard InChI is InChI=1S/C14H20N2O2/c1-3-16(9-5-8-15)11-14(17)12-6-4-7-13(10-12)18-2/h4,6-7,10,14,17H,3,5,9,11H2,1-2H3. The van der Waals surface area contributed by atoms with E-state index in [9.17, 15) is 5.11 Å². The SMILES string of the molecule is CCN(CCC#N)CC(O)c1cccc(OC)c1. The van der Waals surface area contributed by atoms with Crippen molar-refractivity contribution >= 4 is 0 Å². The predicted molar refractivity (Wildman–Crippen MR) is 70.3 cm³/mol. The molecular weight excluding hydrogens is 228 g/mol. The number of nitrogens with zero attached hydrogens (tertiary/aromatic N) is 2. The number of benzene rings is 1. The largest absolute Gasteiger partial charge is 0.497 e. The Morgan fingerprint density at radius 2 is 2.28 bits per heavy atom. The van der Waals surface area contributed by atoms with Crippen molar-refractivity contribution in [3.8, 4) is 11.8 Å². The molecule has 98 valence electrons. The molecule has 1 aromatic rings. The second-order valence-corrected chi connectivity index (χ2v) is 4.09. The Balaban J connectivity index is 2.62. The smallest absolute Gasteiger partial charge is 0.119 e. The third-order valence-electron chi connectivity index (χ3n) is 2.90. The maximum Gasteiger partial charge on any atom is 0.119 e. The molecule has 0 aliphatic rings. The highest BCUT2D eigenvalue weighted by atomic mass is 16.5. The van der Waals surface area contributed by atoms with Crippen LogP contribution in [-0.2, 0) is 0 Å². The number of ether oxygens (including phenoxy) is 1. The summed E-state index contributed by atoms with van der Waals surface area (Å²) in [4.78, 5) is 2.06. The number of rotatable bonds is 7. The summed E-state index contributed by atoms with van der Waals surface area (Å²) >= 11 is 0. The van der Waals surface area contributed by atoms with Gasteiger partial charge >= 0.3 is 0 Å². The minimum atomic E-state index is -0.557. The Labute approximate surface area is 108 Å². The lowest BCUT2D eigenvalue weighted by Crippen LogP contribution is -2.29. The predicted octanol–water partition coefficient (Wildman–Crippen LogP) is 1.96. The molecule has 4 heteroatoms. The van der Waals surface area contributed by atoms with E-state index in [2.05, 4.69) is 11.0 Å². The van der Waals surface area contributed by atoms with Crippen molar-refractivity contribution in [1.82, 2.24) is 4.90 Å². The molecule has 1 atom stereocenters. The molecule has 0 aliphatic carbocycles. The van der Waals surface area contributed by atoms with Crippen LogP contribution in [0, 0.1) is 11.3 Å². The van der Waals surface area contributed by atoms with E-state index in [4.69, 9.17) is 10.00 Å². The molecule has 0 amide bonds. The lowest BCUT2D eigenvalue weighted by Gasteiger charge is -2.22. The van der Waals surface area contributed by atoms with E-state index in [0.29, 0.717) is 19.5 Å². The lowest BCUT2D eigenvalue weighted by molar-refractivity contribution is 0.117. The van der Waals surface area contributed by atoms with Crippen molar-refractivity contribution in [3.05, 3.63) is 29.8 Å². The Kier molecular flexibility index (Phi) is 6.20. The molecule has 1 aromatic carbocycles. The number of hydrogen-bond acceptors (Lipinski definition) is 4. The van der Waals surface area contributed by atoms with Crippen molar-refractivity contribution in [2.24, 2.45) is 0 Å². The van der Waals surface area contributed by atoms with E-state index in [1.807, 2.05) is 31.2 Å². The molecule has 4 nitrogen and oxygen atoms in total. The van der Waals surface area contributed by atoms with Crippen LogP contribution in [0.1, 0.15) is 25.0 Å². The highest BCUT2D eigenvalue weighted by Crippen LogP contribution is 2.19. The van der Waals surface area contributed by atoms with E-state index in [1.165, 1.54) is 0 Å². The molecule has 0 bridgehead atoms. The highest BCUT2D eigenvalue weighted by Gasteiger charge is 2.12. The summed E-state index contributed by atoms with van der Waals surface area (Å²) in [5.41, 5.74) is 0.838. The van der Waals surface area contributed by atoms with Gasteiger partial charge in [0.1, 0.15) is 5.75 Å². The van der Waals surface area contributed by atoms with Crippen molar-refractivity contribution < 1.29 is 9.84 Å². The molecule has 1 unspecified atom stereocenters. The Hall–Kier alpha value is -1.57. The molecule has 0 radical (unpaired) electrons. The summed E-state index contributed by atoms with van der Waals surface area (Å²) in [6, 6.07) is 9.55. The molecule has 0 saturated heterocycles. The van der Waals surface area contributed by atoms with Crippen LogP contribution in [0.25, 0.3) is 0 Å². The van der Waals surface area contributed by atoms with Crippen LogP contribution in [0.3, 0.4) is 0 Å². The van der Waals surface area contributed by atoms with E-state index >= 15 is 0 Å². The lowest BCUT2D eigenvalue weighted by atomic mass is 10.1. The summed E-state index contributed by atoms with van der Waals surface area (Å²) in [6.07, 6.45) is -0.0719. The third kappa shape index (κ3) is 4.36. The van der Waals surface area contributed by atoms with Gasteiger partial charge in [-0.25, -0.2) is 0 Å². The van der Waals surface area contributed by atoms with Crippen molar-refractivity contribution in [1.29, 1.82) is 5.26 Å². The number of aliphatic hydroxyl groups is 1. The third-order valence-corrected chi connectivity index (χ3v) is 2.90. The van der Waals surface area contributed by atoms with Gasteiger partial charge in [0.05, 0.1) is 19.3 Å². The maximum atomic E-state index is 10.2. The van der Waals surface area contributed by atoms with Gasteiger partial charge in [0.2, 0.25) is 0 Å². The van der Waals surface area contributed by atoms with E-state index < -0.39 is 6.10 Å². The minimum absolute atomic E-state index is 0.485. The van der Waals surface area contributed by atoms with Crippen LogP contribution in [0.2, 0.25) is 0 Å². The quantitative estimate of drug-likeness (QED) is 0.801. The summed E-state index contributed by atoms with van der Waals surface area (Å²) in [6.45, 7) is 4.07. The van der Waals surface area contributed by atoms with Gasteiger partial charge in [0, 0.05) is 19.5 Å². The Morgan fingerprint density at radius 1 is 1.50 bits per heavy atom. The number of aliphatic hydroxyl groups excluding tert-OH is 1. The molecule has 0 heterocycles. The molecular formula is C14H20N2O2. The van der Waals surface area contributed by atoms with Crippen LogP contribution in [0.5, 0.6) is 5.75 Å². The minimum Gasteiger partial charge on any atom is -0.497 e. The average molecular weight is 248 g/mol. The monoisotopic (exact) mass is 248 g/mol. The van der Waals surface area contributed by atoms with Crippen LogP contribution in [-0.4, -0.2) is 36.8 Å². The number of hydrogen-bond donors (Lipinski definition) is 1. The van der Waals surface area contributed by atoms with Crippen molar-refractivity contribution in [2.45, 2.75) is 19.4 Å². The molecule has 0 aromatic heterocycles. The van der Waals surface area contributed by atoms with Crippen molar-refractivity contribution in [3.63, 3.8) is 0 Å².